The van der Waals surface area contributed by atoms with E-state index in [4.69, 9.17) is 4.74 Å². The van der Waals surface area contributed by atoms with E-state index >= 15 is 0 Å². The number of ether oxygens (including phenoxy) is 1. The van der Waals surface area contributed by atoms with Gasteiger partial charge < -0.3 is 4.74 Å². The fourth-order valence-electron chi connectivity index (χ4n) is 16.8. The lowest BCUT2D eigenvalue weighted by Gasteiger charge is -2.38. The number of unbranched alkanes of at least 4 members (excludes halogenated alkanes) is 4. The second-order valence-corrected chi connectivity index (χ2v) is 25.9. The van der Waals surface area contributed by atoms with Crippen molar-refractivity contribution in [1.82, 2.24) is 0 Å². The maximum atomic E-state index is 6.79. The molecule has 0 amide bonds. The molecule has 0 spiro atoms. The van der Waals surface area contributed by atoms with Gasteiger partial charge in [0.2, 0.25) is 0 Å². The van der Waals surface area contributed by atoms with Crippen molar-refractivity contribution in [1.29, 1.82) is 0 Å². The maximum absolute atomic E-state index is 6.79. The second kappa shape index (κ2) is 29.8. The highest BCUT2D eigenvalue weighted by Crippen LogP contribution is 2.48. The summed E-state index contributed by atoms with van der Waals surface area (Å²) < 4.78 is 6.79. The second-order valence-electron chi connectivity index (χ2n) is 25.9. The largest absolute Gasteiger partial charge is 0.373 e. The van der Waals surface area contributed by atoms with Crippen molar-refractivity contribution in [3.05, 3.63) is 82.9 Å². The van der Waals surface area contributed by atoms with Gasteiger partial charge in [-0.3, -0.25) is 0 Å². The van der Waals surface area contributed by atoms with Crippen molar-refractivity contribution in [2.45, 2.75) is 271 Å². The molecule has 0 aliphatic heterocycles. The molecule has 0 radical (unpaired) electrons. The first-order valence-electron chi connectivity index (χ1n) is 32.2. The molecule has 6 aliphatic carbocycles. The molecule has 2 aromatic rings. The molecule has 2 aromatic carbocycles. The predicted molar refractivity (Wildman–Crippen MR) is 309 cm³/mol. The smallest absolute Gasteiger partial charge is 0.0657 e. The van der Waals surface area contributed by atoms with Crippen molar-refractivity contribution in [2.75, 3.05) is 13.2 Å². The van der Waals surface area contributed by atoms with Gasteiger partial charge in [-0.25, -0.2) is 0 Å². The molecule has 0 atom stereocenters. The zero-order chi connectivity index (χ0) is 49.0. The van der Waals surface area contributed by atoms with Crippen LogP contribution < -0.4 is 0 Å². The molecule has 0 aromatic heterocycles. The van der Waals surface area contributed by atoms with E-state index in [1.807, 2.05) is 0 Å². The Bertz CT molecular complexity index is 1650. The van der Waals surface area contributed by atoms with Crippen molar-refractivity contribution < 1.29 is 4.74 Å². The number of hydrogen-bond donors (Lipinski definition) is 0. The summed E-state index contributed by atoms with van der Waals surface area (Å²) in [5.74, 6) is 10.7. The van der Waals surface area contributed by atoms with Gasteiger partial charge in [0.05, 0.1) is 13.2 Å². The molecule has 6 saturated carbocycles. The molecule has 0 unspecified atom stereocenters. The summed E-state index contributed by atoms with van der Waals surface area (Å²) in [4.78, 5) is 0. The van der Waals surface area contributed by atoms with E-state index < -0.39 is 0 Å². The molecule has 6 aliphatic rings. The molecule has 8 rings (SSSR count). The van der Waals surface area contributed by atoms with Crippen LogP contribution in [0.15, 0.2) is 60.7 Å². The summed E-state index contributed by atoms with van der Waals surface area (Å²) >= 11 is 0. The van der Waals surface area contributed by atoms with Crippen LogP contribution in [0.25, 0.3) is 11.1 Å². The van der Waals surface area contributed by atoms with E-state index in [0.29, 0.717) is 11.8 Å². The van der Waals surface area contributed by atoms with Gasteiger partial charge in [0.25, 0.3) is 0 Å². The SMILES string of the molecule is CCCCC[C@H]1CC[C@H]([C@H]2CC[C@H](C(=CCOCC=C(c3ccc([C@H]4CC[C@H](CCC)CC4)cc3)[C@H]3CC[C@H]([C@H]4CC[C@H](CCCCC)CC4)CC3)c3ccc([C@H]4CC[C@H](CCC)CC4)cc3)CC2)CC1. The van der Waals surface area contributed by atoms with Crippen molar-refractivity contribution >= 4 is 11.1 Å². The Hall–Kier alpha value is -2.12. The van der Waals surface area contributed by atoms with E-state index in [-0.39, 0.29) is 0 Å². The normalized spacial score (nSPS) is 32.5. The topological polar surface area (TPSA) is 9.23 Å². The van der Waals surface area contributed by atoms with Crippen LogP contribution in [0.1, 0.15) is 293 Å². The maximum Gasteiger partial charge on any atom is 0.0657 e. The highest BCUT2D eigenvalue weighted by molar-refractivity contribution is 5.69. The monoisotopic (exact) mass is 967 g/mol. The van der Waals surface area contributed by atoms with Gasteiger partial charge in [0.1, 0.15) is 0 Å². The minimum Gasteiger partial charge on any atom is -0.373 e. The molecule has 0 bridgehead atoms. The third kappa shape index (κ3) is 16.4. The lowest BCUT2D eigenvalue weighted by atomic mass is 9.67. The van der Waals surface area contributed by atoms with Gasteiger partial charge in [-0.15, -0.1) is 0 Å². The van der Waals surface area contributed by atoms with Crippen LogP contribution in [0.5, 0.6) is 0 Å². The highest BCUT2D eigenvalue weighted by Gasteiger charge is 2.34. The average Bonchev–Trinajstić information content (AvgIpc) is 3.42. The summed E-state index contributed by atoms with van der Waals surface area (Å²) in [5.41, 5.74) is 9.33. The number of rotatable bonds is 24. The summed E-state index contributed by atoms with van der Waals surface area (Å²) in [7, 11) is 0. The third-order valence-corrected chi connectivity index (χ3v) is 21.3. The molecule has 1 heteroatoms. The third-order valence-electron chi connectivity index (χ3n) is 21.3. The summed E-state index contributed by atoms with van der Waals surface area (Å²) in [5, 5.41) is 0. The van der Waals surface area contributed by atoms with Crippen LogP contribution in [0.4, 0.5) is 0 Å². The molecular formula is C70H110O. The Balaban J connectivity index is 0.922. The molecule has 71 heavy (non-hydrogen) atoms. The summed E-state index contributed by atoms with van der Waals surface area (Å²) in [6.45, 7) is 10.9. The summed E-state index contributed by atoms with van der Waals surface area (Å²) in [6.07, 6.45) is 56.6. The van der Waals surface area contributed by atoms with Gasteiger partial charge in [0.15, 0.2) is 0 Å². The van der Waals surface area contributed by atoms with E-state index in [9.17, 15) is 0 Å². The van der Waals surface area contributed by atoms with E-state index in [1.165, 1.54) is 242 Å². The van der Waals surface area contributed by atoms with Crippen LogP contribution in [0.2, 0.25) is 0 Å². The standard InChI is InChI=1S/C70H110O/c1-5-9-11-15-55-21-29-59(30-22-55)63-37-45-67(46-38-63)69(65-41-33-61(34-42-65)57-25-17-53(13-7-3)18-26-57)49-51-71-52-50-70(66-43-35-62(36-44-66)58-27-19-54(14-8-4)20-28-58)68-47-39-64(40-48-68)60-31-23-56(24-32-60)16-12-10-6-2/h33-36,41-44,49-50,53-60,63-64,67-68H,5-32,37-40,45-48,51-52H2,1-4H3/t53-,54-,55-,56-,57-,58-,59-,60-,63-,64-,67-,68-. The average molecular weight is 968 g/mol. The number of hydrogen-bond acceptors (Lipinski definition) is 1. The number of benzene rings is 2. The fourth-order valence-corrected chi connectivity index (χ4v) is 16.8. The van der Waals surface area contributed by atoms with Gasteiger partial charge in [-0.05, 0) is 233 Å². The van der Waals surface area contributed by atoms with Crippen molar-refractivity contribution in [3.63, 3.8) is 0 Å². The molecule has 6 fully saturated rings. The van der Waals surface area contributed by atoms with E-state index in [0.717, 1.165) is 72.4 Å². The van der Waals surface area contributed by atoms with E-state index in [1.54, 1.807) is 22.3 Å². The minimum atomic E-state index is 0.660. The Morgan fingerprint density at radius 3 is 0.986 bits per heavy atom. The first kappa shape index (κ1) is 55.1. The Labute approximate surface area is 439 Å². The first-order chi connectivity index (χ1) is 35.0. The predicted octanol–water partition coefficient (Wildman–Crippen LogP) is 21.7. The molecule has 1 nitrogen and oxygen atoms in total. The van der Waals surface area contributed by atoms with Crippen LogP contribution in [-0.4, -0.2) is 13.2 Å². The first-order valence-corrected chi connectivity index (χ1v) is 32.2. The van der Waals surface area contributed by atoms with Crippen LogP contribution in [0.3, 0.4) is 0 Å². The Morgan fingerprint density at radius 2 is 0.662 bits per heavy atom. The van der Waals surface area contributed by atoms with Crippen LogP contribution >= 0.6 is 0 Å². The van der Waals surface area contributed by atoms with Crippen molar-refractivity contribution in [2.24, 2.45) is 59.2 Å². The molecular weight excluding hydrogens is 857 g/mol. The zero-order valence-electron chi connectivity index (χ0n) is 47.0. The fraction of sp³-hybridized carbons (Fsp3) is 0.771. The molecule has 0 N–H and O–H groups in total. The summed E-state index contributed by atoms with van der Waals surface area (Å²) in [6, 6.07) is 20.2. The van der Waals surface area contributed by atoms with Crippen molar-refractivity contribution in [3.8, 4) is 0 Å². The molecule has 396 valence electrons. The lowest BCUT2D eigenvalue weighted by molar-refractivity contribution is 0.152. The number of allylic oxidation sites excluding steroid dienone is 2. The van der Waals surface area contributed by atoms with Gasteiger partial charge >= 0.3 is 0 Å². The molecule has 0 saturated heterocycles. The van der Waals surface area contributed by atoms with Crippen LogP contribution in [-0.2, 0) is 4.74 Å². The van der Waals surface area contributed by atoms with E-state index in [2.05, 4.69) is 88.4 Å². The highest BCUT2D eigenvalue weighted by atomic mass is 16.5. The van der Waals surface area contributed by atoms with Crippen LogP contribution in [0, 0.1) is 59.2 Å². The quantitative estimate of drug-likeness (QED) is 0.0953. The minimum absolute atomic E-state index is 0.660. The van der Waals surface area contributed by atoms with Gasteiger partial charge in [-0.2, -0.15) is 0 Å². The lowest BCUT2D eigenvalue weighted by Crippen LogP contribution is -2.26. The Kier molecular flexibility index (Phi) is 23.2. The zero-order valence-corrected chi connectivity index (χ0v) is 47.0. The Morgan fingerprint density at radius 1 is 0.352 bits per heavy atom. The molecule has 0 heterocycles. The van der Waals surface area contributed by atoms with Gasteiger partial charge in [0, 0.05) is 0 Å². The van der Waals surface area contributed by atoms with Gasteiger partial charge in [-0.1, -0.05) is 191 Å².